The summed E-state index contributed by atoms with van der Waals surface area (Å²) in [6, 6.07) is 12.1. The Morgan fingerprint density at radius 3 is 2.59 bits per heavy atom. The Hall–Kier alpha value is -3.06. The van der Waals surface area contributed by atoms with Crippen LogP contribution in [-0.2, 0) is 0 Å². The van der Waals surface area contributed by atoms with Gasteiger partial charge in [0, 0.05) is 11.6 Å². The number of benzene rings is 1. The summed E-state index contributed by atoms with van der Waals surface area (Å²) < 4.78 is 10.6. The molecule has 27 heavy (non-hydrogen) atoms. The molecule has 2 aromatic heterocycles. The summed E-state index contributed by atoms with van der Waals surface area (Å²) in [6.07, 6.45) is 0. The van der Waals surface area contributed by atoms with Crippen molar-refractivity contribution in [2.24, 2.45) is 0 Å². The van der Waals surface area contributed by atoms with Crippen molar-refractivity contribution >= 4 is 17.2 Å². The van der Waals surface area contributed by atoms with Crippen LogP contribution in [0.25, 0.3) is 10.6 Å². The molecule has 6 nitrogen and oxygen atoms in total. The lowest BCUT2D eigenvalue weighted by Crippen LogP contribution is -2.31. The van der Waals surface area contributed by atoms with Crippen molar-refractivity contribution in [1.29, 1.82) is 0 Å². The summed E-state index contributed by atoms with van der Waals surface area (Å²) >= 11 is 1.52. The molecule has 0 bridgehead atoms. The second-order valence-corrected chi connectivity index (χ2v) is 6.84. The number of hydrogen-bond donors (Lipinski definition) is 2. The van der Waals surface area contributed by atoms with Gasteiger partial charge in [-0.15, -0.1) is 11.3 Å². The maximum Gasteiger partial charge on any atom is 0.261 e. The summed E-state index contributed by atoms with van der Waals surface area (Å²) in [5, 5.41) is 4.77. The number of carbonyl (C=O) groups is 1. The zero-order valence-electron chi connectivity index (χ0n) is 15.2. The maximum atomic E-state index is 12.6. The minimum atomic E-state index is -0.445. The summed E-state index contributed by atoms with van der Waals surface area (Å²) in [5.74, 6) is 0.818. The largest absolute Gasteiger partial charge is 0.497 e. The number of nitrogens with one attached hydrogen (secondary N) is 2. The summed E-state index contributed by atoms with van der Waals surface area (Å²) in [7, 11) is 3.13. The first kappa shape index (κ1) is 18.7. The monoisotopic (exact) mass is 384 g/mol. The Labute approximate surface area is 160 Å². The van der Waals surface area contributed by atoms with Gasteiger partial charge in [0.2, 0.25) is 0 Å². The van der Waals surface area contributed by atoms with Crippen LogP contribution in [0, 0.1) is 0 Å². The van der Waals surface area contributed by atoms with Gasteiger partial charge in [-0.2, -0.15) is 0 Å². The van der Waals surface area contributed by atoms with Gasteiger partial charge in [0.05, 0.1) is 30.8 Å². The molecule has 0 saturated carbocycles. The van der Waals surface area contributed by atoms with Gasteiger partial charge < -0.3 is 19.8 Å². The Morgan fingerprint density at radius 2 is 1.96 bits per heavy atom. The SMILES string of the molecule is COc1ccc([C@H](C)NC(=O)c2ccc(-c3cccs3)[nH]c2=O)c(OC)c1. The topological polar surface area (TPSA) is 80.4 Å². The van der Waals surface area contributed by atoms with Crippen LogP contribution >= 0.6 is 11.3 Å². The predicted molar refractivity (Wildman–Crippen MR) is 106 cm³/mol. The molecule has 0 aliphatic carbocycles. The van der Waals surface area contributed by atoms with Gasteiger partial charge in [-0.05, 0) is 42.6 Å². The molecule has 2 N–H and O–H groups in total. The summed E-state index contributed by atoms with van der Waals surface area (Å²) in [4.78, 5) is 28.6. The highest BCUT2D eigenvalue weighted by molar-refractivity contribution is 7.13. The number of pyridine rings is 1. The Kier molecular flexibility index (Phi) is 5.61. The highest BCUT2D eigenvalue weighted by Gasteiger charge is 2.18. The first-order valence-corrected chi connectivity index (χ1v) is 9.21. The second-order valence-electron chi connectivity index (χ2n) is 5.90. The molecule has 0 aliphatic heterocycles. The van der Waals surface area contributed by atoms with Crippen LogP contribution in [0.1, 0.15) is 28.9 Å². The number of methoxy groups -OCH3 is 2. The number of hydrogen-bond acceptors (Lipinski definition) is 5. The first-order valence-electron chi connectivity index (χ1n) is 8.33. The second kappa shape index (κ2) is 8.09. The van der Waals surface area contributed by atoms with Crippen molar-refractivity contribution in [2.75, 3.05) is 14.2 Å². The molecule has 0 saturated heterocycles. The van der Waals surface area contributed by atoms with Crippen LogP contribution in [0.2, 0.25) is 0 Å². The van der Waals surface area contributed by atoms with E-state index in [0.29, 0.717) is 17.2 Å². The minimum absolute atomic E-state index is 0.0645. The molecule has 7 heteroatoms. The third-order valence-corrected chi connectivity index (χ3v) is 5.10. The summed E-state index contributed by atoms with van der Waals surface area (Å²) in [5.41, 5.74) is 1.12. The van der Waals surface area contributed by atoms with E-state index in [1.54, 1.807) is 38.5 Å². The van der Waals surface area contributed by atoms with Crippen molar-refractivity contribution in [1.82, 2.24) is 10.3 Å². The van der Waals surface area contributed by atoms with Gasteiger partial charge in [0.1, 0.15) is 17.1 Å². The number of thiophene rings is 1. The Balaban J connectivity index is 1.80. The molecular weight excluding hydrogens is 364 g/mol. The number of ether oxygens (including phenoxy) is 2. The minimum Gasteiger partial charge on any atom is -0.497 e. The highest BCUT2D eigenvalue weighted by Crippen LogP contribution is 2.29. The molecule has 0 spiro atoms. The van der Waals surface area contributed by atoms with Gasteiger partial charge in [0.15, 0.2) is 0 Å². The van der Waals surface area contributed by atoms with E-state index in [4.69, 9.17) is 9.47 Å². The third-order valence-electron chi connectivity index (χ3n) is 4.20. The quantitative estimate of drug-likeness (QED) is 0.680. The van der Waals surface area contributed by atoms with E-state index in [1.165, 1.54) is 11.3 Å². The summed E-state index contributed by atoms with van der Waals surface area (Å²) in [6.45, 7) is 1.83. The van der Waals surface area contributed by atoms with E-state index in [0.717, 1.165) is 10.4 Å². The van der Waals surface area contributed by atoms with E-state index in [-0.39, 0.29) is 11.6 Å². The van der Waals surface area contributed by atoms with Crippen molar-refractivity contribution in [3.8, 4) is 22.1 Å². The lowest BCUT2D eigenvalue weighted by atomic mass is 10.1. The van der Waals surface area contributed by atoms with E-state index in [1.807, 2.05) is 30.5 Å². The molecule has 140 valence electrons. The Bertz CT molecular complexity index is 995. The number of aromatic amines is 1. The number of H-pyrrole nitrogens is 1. The third kappa shape index (κ3) is 4.03. The number of carbonyl (C=O) groups excluding carboxylic acids is 1. The van der Waals surface area contributed by atoms with Crippen LogP contribution in [-0.4, -0.2) is 25.1 Å². The number of rotatable bonds is 6. The van der Waals surface area contributed by atoms with E-state index in [9.17, 15) is 9.59 Å². The fourth-order valence-corrected chi connectivity index (χ4v) is 3.46. The van der Waals surface area contributed by atoms with Crippen LogP contribution in [0.15, 0.2) is 52.6 Å². The smallest absolute Gasteiger partial charge is 0.261 e. The molecule has 0 aliphatic rings. The molecule has 1 amide bonds. The molecule has 0 radical (unpaired) electrons. The average Bonchev–Trinajstić information content (AvgIpc) is 3.21. The molecular formula is C20H20N2O4S. The average molecular weight is 384 g/mol. The molecule has 3 aromatic rings. The van der Waals surface area contributed by atoms with Crippen LogP contribution < -0.4 is 20.3 Å². The van der Waals surface area contributed by atoms with Crippen molar-refractivity contribution in [2.45, 2.75) is 13.0 Å². The van der Waals surface area contributed by atoms with Crippen LogP contribution in [0.3, 0.4) is 0 Å². The number of aromatic nitrogens is 1. The maximum absolute atomic E-state index is 12.6. The van der Waals surface area contributed by atoms with E-state index >= 15 is 0 Å². The van der Waals surface area contributed by atoms with E-state index < -0.39 is 11.5 Å². The van der Waals surface area contributed by atoms with Gasteiger partial charge in [-0.1, -0.05) is 6.07 Å². The van der Waals surface area contributed by atoms with Crippen molar-refractivity contribution in [3.63, 3.8) is 0 Å². The fourth-order valence-electron chi connectivity index (χ4n) is 2.76. The lowest BCUT2D eigenvalue weighted by molar-refractivity contribution is 0.0938. The van der Waals surface area contributed by atoms with Crippen LogP contribution in [0.4, 0.5) is 0 Å². The molecule has 0 unspecified atom stereocenters. The van der Waals surface area contributed by atoms with Gasteiger partial charge in [-0.3, -0.25) is 9.59 Å². The lowest BCUT2D eigenvalue weighted by Gasteiger charge is -2.18. The molecule has 0 fully saturated rings. The zero-order valence-corrected chi connectivity index (χ0v) is 16.1. The predicted octanol–water partition coefficient (Wildman–Crippen LogP) is 3.61. The highest BCUT2D eigenvalue weighted by atomic mass is 32.1. The van der Waals surface area contributed by atoms with Gasteiger partial charge >= 0.3 is 0 Å². The number of amides is 1. The van der Waals surface area contributed by atoms with Gasteiger partial charge in [-0.25, -0.2) is 0 Å². The van der Waals surface area contributed by atoms with Crippen LogP contribution in [0.5, 0.6) is 11.5 Å². The van der Waals surface area contributed by atoms with E-state index in [2.05, 4.69) is 10.3 Å². The first-order chi connectivity index (χ1) is 13.0. The van der Waals surface area contributed by atoms with Crippen molar-refractivity contribution in [3.05, 3.63) is 69.3 Å². The normalized spacial score (nSPS) is 11.7. The Morgan fingerprint density at radius 1 is 1.15 bits per heavy atom. The molecule has 1 atom stereocenters. The molecule has 2 heterocycles. The zero-order chi connectivity index (χ0) is 19.4. The van der Waals surface area contributed by atoms with Gasteiger partial charge in [0.25, 0.3) is 11.5 Å². The fraction of sp³-hybridized carbons (Fsp3) is 0.200. The molecule has 3 rings (SSSR count). The van der Waals surface area contributed by atoms with Crippen molar-refractivity contribution < 1.29 is 14.3 Å². The standard InChI is InChI=1S/C20H20N2O4S/c1-12(14-7-6-13(25-2)11-17(14)26-3)21-19(23)15-8-9-16(22-20(15)24)18-5-4-10-27-18/h4-12H,1-3H3,(H,21,23)(H,22,24)/t12-/m0/s1. The molecule has 1 aromatic carbocycles.